The second kappa shape index (κ2) is 17.3. The fourth-order valence-electron chi connectivity index (χ4n) is 0. The van der Waals surface area contributed by atoms with E-state index in [0.29, 0.717) is 0 Å². The molecular formula is H11ClKN2O4PS. The number of rotatable bonds is 0. The fraction of sp³-hybridized carbons (Fsp3) is 0. The van der Waals surface area contributed by atoms with Crippen LogP contribution >= 0.6 is 22.3 Å². The summed E-state index contributed by atoms with van der Waals surface area (Å²) in [7, 11) is -4.92. The molecule has 0 bridgehead atoms. The van der Waals surface area contributed by atoms with Crippen LogP contribution in [0.5, 0.6) is 0 Å². The molecule has 0 aliphatic rings. The summed E-state index contributed by atoms with van der Waals surface area (Å²) in [6.45, 7) is 0. The van der Waals surface area contributed by atoms with Gasteiger partial charge >= 0.3 is 51.4 Å². The van der Waals surface area contributed by atoms with Crippen molar-refractivity contribution < 1.29 is 68.9 Å². The third-order valence-electron chi connectivity index (χ3n) is 0. The van der Waals surface area contributed by atoms with Gasteiger partial charge in [0.05, 0.1) is 0 Å². The number of halogens is 1. The summed E-state index contributed by atoms with van der Waals surface area (Å²) in [6.07, 6.45) is 0. The van der Waals surface area contributed by atoms with Gasteiger partial charge < -0.3 is 16.9 Å². The largest absolute Gasteiger partial charge is 1.00 e. The van der Waals surface area contributed by atoms with Crippen molar-refractivity contribution in [3.63, 3.8) is 0 Å². The van der Waals surface area contributed by atoms with Crippen molar-refractivity contribution >= 4 is 32.7 Å². The molecule has 0 aliphatic heterocycles. The van der Waals surface area contributed by atoms with E-state index >= 15 is 0 Å². The summed E-state index contributed by atoms with van der Waals surface area (Å²) in [6, 6.07) is 0. The Morgan fingerprint density at radius 3 is 1.20 bits per heavy atom. The zero-order valence-electron chi connectivity index (χ0n) is 5.61. The van der Waals surface area contributed by atoms with Crippen molar-refractivity contribution in [1.82, 2.24) is 12.3 Å². The van der Waals surface area contributed by atoms with Gasteiger partial charge in [-0.05, 0) is 0 Å². The first-order chi connectivity index (χ1) is 2.00. The Hall–Kier alpha value is 2.15. The zero-order valence-corrected chi connectivity index (χ0v) is 11.8. The minimum atomic E-state index is -4.92. The van der Waals surface area contributed by atoms with Crippen molar-refractivity contribution in [1.29, 1.82) is 0 Å². The second-order valence-corrected chi connectivity index (χ2v) is 1.28. The number of hydrogen-bond donors (Lipinski definition) is 3. The summed E-state index contributed by atoms with van der Waals surface area (Å²) in [5, 5.41) is 0. The summed E-state index contributed by atoms with van der Waals surface area (Å²) in [5.41, 5.74) is 0. The molecule has 0 fully saturated rings. The molecule has 0 aromatic heterocycles. The molecule has 64 valence electrons. The van der Waals surface area contributed by atoms with Gasteiger partial charge in [-0.25, -0.2) is 8.42 Å². The van der Waals surface area contributed by atoms with Crippen molar-refractivity contribution in [2.24, 2.45) is 0 Å². The van der Waals surface area contributed by atoms with E-state index in [9.17, 15) is 0 Å². The van der Waals surface area contributed by atoms with Crippen LogP contribution in [0.3, 0.4) is 0 Å². The Morgan fingerprint density at radius 1 is 1.20 bits per heavy atom. The molecule has 0 saturated heterocycles. The van der Waals surface area contributed by atoms with E-state index in [4.69, 9.17) is 17.5 Å². The maximum Gasteiger partial charge on any atom is 1.00 e. The SMILES string of the molecule is Cl.N.N.O=S(=O)([O-])O.P.[K+]. The molecule has 0 aromatic carbocycles. The minimum Gasteiger partial charge on any atom is -0.726 e. The van der Waals surface area contributed by atoms with E-state index < -0.39 is 10.4 Å². The Bertz CT molecular complexity index is 106. The van der Waals surface area contributed by atoms with Crippen LogP contribution in [0.4, 0.5) is 0 Å². The van der Waals surface area contributed by atoms with Gasteiger partial charge in [-0.1, -0.05) is 0 Å². The van der Waals surface area contributed by atoms with E-state index in [0.717, 1.165) is 0 Å². The van der Waals surface area contributed by atoms with E-state index in [1.165, 1.54) is 0 Å². The van der Waals surface area contributed by atoms with Gasteiger partial charge in [0.15, 0.2) is 0 Å². The molecule has 0 radical (unpaired) electrons. The van der Waals surface area contributed by atoms with E-state index in [1.54, 1.807) is 0 Å². The van der Waals surface area contributed by atoms with E-state index in [2.05, 4.69) is 0 Å². The average Bonchev–Trinajstić information content (AvgIpc) is 0.722. The number of hydrogen-bond acceptors (Lipinski definition) is 5. The van der Waals surface area contributed by atoms with Crippen molar-refractivity contribution in [2.75, 3.05) is 0 Å². The maximum absolute atomic E-state index is 8.63. The van der Waals surface area contributed by atoms with Gasteiger partial charge in [-0.15, -0.1) is 12.4 Å². The molecule has 6 nitrogen and oxygen atoms in total. The smallest absolute Gasteiger partial charge is 0.726 e. The molecule has 0 heterocycles. The molecule has 0 saturated carbocycles. The summed E-state index contributed by atoms with van der Waals surface area (Å²) in [5.74, 6) is 0. The summed E-state index contributed by atoms with van der Waals surface area (Å²) < 4.78 is 32.8. The first kappa shape index (κ1) is 39.9. The normalized spacial score (nSPS) is 5.80. The molecule has 0 spiro atoms. The van der Waals surface area contributed by atoms with Gasteiger partial charge in [-0.3, -0.25) is 4.55 Å². The van der Waals surface area contributed by atoms with Crippen LogP contribution in [-0.2, 0) is 10.4 Å². The van der Waals surface area contributed by atoms with Crippen LogP contribution in [0, 0.1) is 0 Å². The van der Waals surface area contributed by atoms with Crippen molar-refractivity contribution in [2.45, 2.75) is 0 Å². The van der Waals surface area contributed by atoms with E-state index in [1.807, 2.05) is 0 Å². The van der Waals surface area contributed by atoms with Gasteiger partial charge in [0.2, 0.25) is 10.4 Å². The third-order valence-corrected chi connectivity index (χ3v) is 0. The quantitative estimate of drug-likeness (QED) is 0.176. The molecule has 0 aliphatic carbocycles. The topological polar surface area (TPSA) is 147 Å². The Morgan fingerprint density at radius 2 is 1.20 bits per heavy atom. The Kier molecular flexibility index (Phi) is 69.1. The van der Waals surface area contributed by atoms with Crippen LogP contribution in [0.2, 0.25) is 0 Å². The van der Waals surface area contributed by atoms with Gasteiger partial charge in [-0.2, -0.15) is 9.90 Å². The molecular weight excluding hydrogens is 230 g/mol. The standard InChI is InChI=1S/ClH.K.2H3N.H2O4S.H3P/c;;;;1-5(2,3)4;/h1H;;2*1H3;(H2,1,2,3,4);1H3/q;+1;;;;/p-1. The van der Waals surface area contributed by atoms with Crippen LogP contribution in [0.25, 0.3) is 0 Å². The molecule has 10 heteroatoms. The second-order valence-electron chi connectivity index (χ2n) is 0.428. The molecule has 0 rings (SSSR count). The molecule has 7 N–H and O–H groups in total. The van der Waals surface area contributed by atoms with E-state index in [-0.39, 0.29) is 86.0 Å². The van der Waals surface area contributed by atoms with Gasteiger partial charge in [0, 0.05) is 0 Å². The zero-order chi connectivity index (χ0) is 4.50. The fourth-order valence-corrected chi connectivity index (χ4v) is 0. The minimum absolute atomic E-state index is 0. The Balaban J connectivity index is -0.00000000800. The monoisotopic (exact) mass is 240 g/mol. The first-order valence-corrected chi connectivity index (χ1v) is 2.05. The predicted molar refractivity (Wildman–Crippen MR) is 40.7 cm³/mol. The van der Waals surface area contributed by atoms with Crippen LogP contribution < -0.4 is 63.7 Å². The molecule has 0 aromatic rings. The van der Waals surface area contributed by atoms with Gasteiger partial charge in [0.1, 0.15) is 0 Å². The maximum atomic E-state index is 8.63. The molecule has 1 unspecified atom stereocenters. The Labute approximate surface area is 112 Å². The third kappa shape index (κ3) is 184. The van der Waals surface area contributed by atoms with Crippen LogP contribution in [0.15, 0.2) is 0 Å². The molecule has 0 amide bonds. The van der Waals surface area contributed by atoms with Crippen molar-refractivity contribution in [3.05, 3.63) is 0 Å². The summed E-state index contributed by atoms with van der Waals surface area (Å²) in [4.78, 5) is 0. The van der Waals surface area contributed by atoms with Crippen LogP contribution in [-0.4, -0.2) is 17.5 Å². The summed E-state index contributed by atoms with van der Waals surface area (Å²) >= 11 is 0. The average molecular weight is 241 g/mol. The van der Waals surface area contributed by atoms with Crippen LogP contribution in [0.1, 0.15) is 0 Å². The predicted octanol–water partition coefficient (Wildman–Crippen LogP) is -3.19. The van der Waals surface area contributed by atoms with Crippen molar-refractivity contribution in [3.8, 4) is 0 Å². The van der Waals surface area contributed by atoms with Gasteiger partial charge in [0.25, 0.3) is 0 Å². The molecule has 10 heavy (non-hydrogen) atoms. The molecule has 1 atom stereocenters. The first-order valence-electron chi connectivity index (χ1n) is 0.683.